The lowest BCUT2D eigenvalue weighted by Gasteiger charge is -2.43. The summed E-state index contributed by atoms with van der Waals surface area (Å²) in [5.74, 6) is -1.30. The molecule has 0 aromatic heterocycles. The lowest BCUT2D eigenvalue weighted by atomic mass is 9.76. The Morgan fingerprint density at radius 3 is 2.68 bits per heavy atom. The molecule has 0 N–H and O–H groups in total. The minimum Gasteiger partial charge on any atom is -0.458 e. The Balaban J connectivity index is 2.40. The van der Waals surface area contributed by atoms with Crippen molar-refractivity contribution in [2.24, 2.45) is 5.92 Å². The topological polar surface area (TPSA) is 63.7 Å². The summed E-state index contributed by atoms with van der Waals surface area (Å²) >= 11 is 0. The van der Waals surface area contributed by atoms with Gasteiger partial charge < -0.3 is 9.53 Å². The van der Waals surface area contributed by atoms with E-state index in [1.165, 1.54) is 0 Å². The fourth-order valence-electron chi connectivity index (χ4n) is 3.14. The van der Waals surface area contributed by atoms with Gasteiger partial charge in [-0.15, -0.1) is 0 Å². The van der Waals surface area contributed by atoms with Gasteiger partial charge in [-0.3, -0.25) is 9.69 Å². The molecule has 2 aliphatic rings. The zero-order valence-corrected chi connectivity index (χ0v) is 11.8. The van der Waals surface area contributed by atoms with Crippen molar-refractivity contribution in [1.29, 1.82) is 0 Å². The number of piperidine rings is 1. The molecule has 2 heterocycles. The molecule has 0 aromatic carbocycles. The smallest absolute Gasteiger partial charge is 0.335 e. The summed E-state index contributed by atoms with van der Waals surface area (Å²) in [6.45, 7) is 6.52. The van der Waals surface area contributed by atoms with Crippen molar-refractivity contribution in [2.75, 3.05) is 13.1 Å². The average Bonchev–Trinajstić information content (AvgIpc) is 2.65. The molecule has 0 aliphatic carbocycles. The van der Waals surface area contributed by atoms with Crippen molar-refractivity contribution in [2.45, 2.75) is 51.2 Å². The van der Waals surface area contributed by atoms with Gasteiger partial charge in [0.1, 0.15) is 11.9 Å². The molecule has 0 amide bonds. The first-order valence-electron chi connectivity index (χ1n) is 6.79. The maximum atomic E-state index is 12.6. The van der Waals surface area contributed by atoms with Crippen LogP contribution in [0.5, 0.6) is 0 Å². The Labute approximate surface area is 113 Å². The Kier molecular flexibility index (Phi) is 3.51. The van der Waals surface area contributed by atoms with Crippen LogP contribution >= 0.6 is 0 Å². The van der Waals surface area contributed by atoms with E-state index in [1.54, 1.807) is 20.8 Å². The third-order valence-corrected chi connectivity index (χ3v) is 3.89. The molecule has 0 radical (unpaired) electrons. The largest absolute Gasteiger partial charge is 0.458 e. The number of rotatable bonds is 2. The Bertz CT molecular complexity index is 412. The second-order valence-corrected chi connectivity index (χ2v) is 6.31. The molecule has 2 rings (SSSR count). The maximum Gasteiger partial charge on any atom is 0.335 e. The van der Waals surface area contributed by atoms with Gasteiger partial charge in [0.2, 0.25) is 0 Å². The van der Waals surface area contributed by atoms with Crippen LogP contribution in [0, 0.1) is 5.92 Å². The van der Waals surface area contributed by atoms with Gasteiger partial charge in [0.15, 0.2) is 11.3 Å². The fourth-order valence-corrected chi connectivity index (χ4v) is 3.14. The predicted octanol–water partition coefficient (Wildman–Crippen LogP) is 0.951. The molecule has 5 heteroatoms. The third-order valence-electron chi connectivity index (χ3n) is 3.89. The highest BCUT2D eigenvalue weighted by Gasteiger charge is 2.62. The van der Waals surface area contributed by atoms with Gasteiger partial charge in [0, 0.05) is 13.0 Å². The second kappa shape index (κ2) is 4.71. The Morgan fingerprint density at radius 2 is 2.11 bits per heavy atom. The van der Waals surface area contributed by atoms with E-state index in [0.29, 0.717) is 25.9 Å². The molecule has 0 bridgehead atoms. The van der Waals surface area contributed by atoms with Crippen LogP contribution in [-0.4, -0.2) is 47.2 Å². The molecular formula is C14H21NO4. The lowest BCUT2D eigenvalue weighted by Crippen LogP contribution is -2.64. The van der Waals surface area contributed by atoms with Crippen molar-refractivity contribution in [3.05, 3.63) is 0 Å². The molecule has 2 atom stereocenters. The zero-order chi connectivity index (χ0) is 14.3. The van der Waals surface area contributed by atoms with Crippen molar-refractivity contribution in [1.82, 2.24) is 4.90 Å². The minimum atomic E-state index is -1.35. The molecule has 0 aromatic rings. The predicted molar refractivity (Wildman–Crippen MR) is 68.6 cm³/mol. The normalized spacial score (nSPS) is 31.9. The minimum absolute atomic E-state index is 0.168. The first-order chi connectivity index (χ1) is 8.82. The van der Waals surface area contributed by atoms with E-state index in [2.05, 4.69) is 0 Å². The van der Waals surface area contributed by atoms with Crippen LogP contribution in [0.2, 0.25) is 0 Å². The molecule has 106 valence electrons. The number of hydrogen-bond acceptors (Lipinski definition) is 5. The Morgan fingerprint density at radius 1 is 1.42 bits per heavy atom. The van der Waals surface area contributed by atoms with Crippen LogP contribution in [0.3, 0.4) is 0 Å². The van der Waals surface area contributed by atoms with E-state index in [1.807, 2.05) is 4.90 Å². The van der Waals surface area contributed by atoms with Gasteiger partial charge in [0.05, 0.1) is 5.92 Å². The number of carbonyl (C=O) groups excluding carboxylic acids is 3. The number of carbonyl (C=O) groups is 3. The number of esters is 1. The van der Waals surface area contributed by atoms with Gasteiger partial charge >= 0.3 is 5.97 Å². The molecule has 0 unspecified atom stereocenters. The van der Waals surface area contributed by atoms with Crippen LogP contribution < -0.4 is 0 Å². The Hall–Kier alpha value is -1.23. The van der Waals surface area contributed by atoms with E-state index in [-0.39, 0.29) is 5.78 Å². The summed E-state index contributed by atoms with van der Waals surface area (Å²) in [6.07, 6.45) is 2.48. The number of ketones is 1. The van der Waals surface area contributed by atoms with E-state index >= 15 is 0 Å². The van der Waals surface area contributed by atoms with Gasteiger partial charge in [-0.05, 0) is 40.2 Å². The summed E-state index contributed by atoms with van der Waals surface area (Å²) in [4.78, 5) is 38.1. The zero-order valence-electron chi connectivity index (χ0n) is 11.8. The van der Waals surface area contributed by atoms with Crippen molar-refractivity contribution >= 4 is 18.0 Å². The van der Waals surface area contributed by atoms with Crippen LogP contribution in [0.1, 0.15) is 40.0 Å². The van der Waals surface area contributed by atoms with Gasteiger partial charge in [-0.1, -0.05) is 0 Å². The van der Waals surface area contributed by atoms with Crippen molar-refractivity contribution in [3.8, 4) is 0 Å². The fraction of sp³-hybridized carbons (Fsp3) is 0.786. The molecule has 2 fully saturated rings. The quantitative estimate of drug-likeness (QED) is 0.423. The number of nitrogens with zero attached hydrogens (tertiary/aromatic N) is 1. The van der Waals surface area contributed by atoms with Gasteiger partial charge in [-0.2, -0.15) is 0 Å². The summed E-state index contributed by atoms with van der Waals surface area (Å²) < 4.78 is 5.42. The monoisotopic (exact) mass is 267 g/mol. The van der Waals surface area contributed by atoms with Gasteiger partial charge in [0.25, 0.3) is 0 Å². The second-order valence-electron chi connectivity index (χ2n) is 6.31. The van der Waals surface area contributed by atoms with E-state index in [0.717, 1.165) is 12.7 Å². The number of hydrogen-bond donors (Lipinski definition) is 0. The SMILES string of the molecule is CC(C)(C)OC(=O)[C@]12C(=O)CCN1CCC[C@@H]2C=O. The van der Waals surface area contributed by atoms with Crippen LogP contribution in [0.4, 0.5) is 0 Å². The standard InChI is InChI=1S/C14H21NO4/c1-13(2,3)19-12(18)14-10(9-16)5-4-7-15(14)8-6-11(14)17/h9-10H,4-8H2,1-3H3/t10-,14+/m1/s1. The molecule has 0 saturated carbocycles. The van der Waals surface area contributed by atoms with Gasteiger partial charge in [-0.25, -0.2) is 4.79 Å². The molecular weight excluding hydrogens is 246 g/mol. The van der Waals surface area contributed by atoms with E-state index in [9.17, 15) is 14.4 Å². The highest BCUT2D eigenvalue weighted by Crippen LogP contribution is 2.40. The number of ether oxygens (including phenoxy) is 1. The van der Waals surface area contributed by atoms with E-state index < -0.39 is 23.0 Å². The van der Waals surface area contributed by atoms with Crippen LogP contribution in [0.15, 0.2) is 0 Å². The maximum absolute atomic E-state index is 12.6. The number of fused-ring (bicyclic) bond motifs is 1. The highest BCUT2D eigenvalue weighted by atomic mass is 16.6. The molecule has 19 heavy (non-hydrogen) atoms. The lowest BCUT2D eigenvalue weighted by molar-refractivity contribution is -0.177. The number of aldehydes is 1. The molecule has 2 saturated heterocycles. The average molecular weight is 267 g/mol. The molecule has 0 spiro atoms. The highest BCUT2D eigenvalue weighted by molar-refractivity contribution is 6.12. The van der Waals surface area contributed by atoms with Crippen LogP contribution in [0.25, 0.3) is 0 Å². The first-order valence-corrected chi connectivity index (χ1v) is 6.79. The summed E-state index contributed by atoms with van der Waals surface area (Å²) in [5.41, 5.74) is -2.02. The summed E-state index contributed by atoms with van der Waals surface area (Å²) in [6, 6.07) is 0. The first kappa shape index (κ1) is 14.2. The van der Waals surface area contributed by atoms with E-state index in [4.69, 9.17) is 4.74 Å². The van der Waals surface area contributed by atoms with Crippen molar-refractivity contribution < 1.29 is 19.1 Å². The molecule has 5 nitrogen and oxygen atoms in total. The van der Waals surface area contributed by atoms with Crippen LogP contribution in [-0.2, 0) is 19.1 Å². The summed E-state index contributed by atoms with van der Waals surface area (Å²) in [5, 5.41) is 0. The van der Waals surface area contributed by atoms with Crippen molar-refractivity contribution in [3.63, 3.8) is 0 Å². The number of Topliss-reactive ketones (excluding diaryl/α,β-unsaturated/α-hetero) is 1. The molecule has 2 aliphatic heterocycles. The summed E-state index contributed by atoms with van der Waals surface area (Å²) in [7, 11) is 0. The third kappa shape index (κ3) is 2.20.